The van der Waals surface area contributed by atoms with E-state index in [1.807, 2.05) is 0 Å². The molecule has 29 heavy (non-hydrogen) atoms. The average molecular weight is 419 g/mol. The van der Waals surface area contributed by atoms with Gasteiger partial charge in [0.15, 0.2) is 0 Å². The van der Waals surface area contributed by atoms with Crippen molar-refractivity contribution in [2.75, 3.05) is 0 Å². The number of carbonyl (C=O) groups is 3. The number of rotatable bonds is 7. The molecule has 1 aromatic rings. The first-order chi connectivity index (χ1) is 13.2. The largest absolute Gasteiger partial charge is 0.444 e. The molecule has 1 aromatic carbocycles. The first-order valence-electron chi connectivity index (χ1n) is 8.29. The molecule has 0 spiro atoms. The molecule has 0 aliphatic carbocycles. The van der Waals surface area contributed by atoms with Crippen molar-refractivity contribution < 1.29 is 37.2 Å². The van der Waals surface area contributed by atoms with Crippen LogP contribution in [0.3, 0.4) is 0 Å². The average Bonchev–Trinajstić information content (AvgIpc) is 2.55. The normalized spacial score (nSPS) is 12.6. The first kappa shape index (κ1) is 23.9. The number of non-ortho nitro benzene ring substituents is 1. The van der Waals surface area contributed by atoms with Gasteiger partial charge in [0.25, 0.3) is 11.6 Å². The number of Topliss-reactive ketones (excluding diaryl/α,β-unsaturated/α-hetero) is 1. The van der Waals surface area contributed by atoms with Crippen LogP contribution in [0.5, 0.6) is 0 Å². The van der Waals surface area contributed by atoms with Crippen molar-refractivity contribution in [3.05, 3.63) is 39.9 Å². The Morgan fingerprint density at radius 2 is 1.83 bits per heavy atom. The minimum absolute atomic E-state index is 0.257. The molecule has 0 aliphatic rings. The summed E-state index contributed by atoms with van der Waals surface area (Å²) in [6.07, 6.45) is -7.89. The fraction of sp³-hybridized carbons (Fsp3) is 0.471. The van der Waals surface area contributed by atoms with Gasteiger partial charge in [-0.25, -0.2) is 4.79 Å². The Balaban J connectivity index is 2.83. The zero-order valence-corrected chi connectivity index (χ0v) is 15.8. The molecule has 0 saturated carbocycles. The molecule has 160 valence electrons. The number of nitrogens with zero attached hydrogens (tertiary/aromatic N) is 1. The second-order valence-electron chi connectivity index (χ2n) is 6.99. The number of alkyl carbamates (subject to hydrolysis) is 1. The van der Waals surface area contributed by atoms with E-state index in [1.54, 1.807) is 5.32 Å². The monoisotopic (exact) mass is 419 g/mol. The summed E-state index contributed by atoms with van der Waals surface area (Å²) in [4.78, 5) is 45.9. The van der Waals surface area contributed by atoms with Crippen LogP contribution in [-0.4, -0.2) is 40.5 Å². The second-order valence-corrected chi connectivity index (χ2v) is 6.99. The molecular weight excluding hydrogens is 399 g/mol. The highest BCUT2D eigenvalue weighted by molar-refractivity contribution is 6.38. The van der Waals surface area contributed by atoms with Crippen LogP contribution in [0.15, 0.2) is 24.3 Å². The number of benzene rings is 1. The number of amides is 2. The number of ketones is 1. The maximum absolute atomic E-state index is 12.7. The number of alkyl halides is 3. The van der Waals surface area contributed by atoms with Gasteiger partial charge in [-0.1, -0.05) is 12.1 Å². The van der Waals surface area contributed by atoms with Gasteiger partial charge in [0.1, 0.15) is 11.6 Å². The van der Waals surface area contributed by atoms with E-state index in [4.69, 9.17) is 4.74 Å². The Bertz CT molecular complexity index is 789. The highest BCUT2D eigenvalue weighted by atomic mass is 19.4. The predicted molar refractivity (Wildman–Crippen MR) is 93.8 cm³/mol. The lowest BCUT2D eigenvalue weighted by Crippen LogP contribution is -2.50. The SMILES string of the molecule is CC(C)(C)OC(=O)NC(CC(F)(F)F)C(=O)C(=O)NCc1cccc([N+](=O)[O-])c1. The van der Waals surface area contributed by atoms with E-state index in [9.17, 15) is 37.7 Å². The molecule has 0 radical (unpaired) electrons. The number of halogens is 3. The molecule has 9 nitrogen and oxygen atoms in total. The predicted octanol–water partition coefficient (Wildman–Crippen LogP) is 2.63. The summed E-state index contributed by atoms with van der Waals surface area (Å²) < 4.78 is 43.1. The van der Waals surface area contributed by atoms with Crippen LogP contribution in [0.2, 0.25) is 0 Å². The minimum atomic E-state index is -4.84. The Morgan fingerprint density at radius 1 is 1.21 bits per heavy atom. The quantitative estimate of drug-likeness (QED) is 0.397. The summed E-state index contributed by atoms with van der Waals surface area (Å²) >= 11 is 0. The fourth-order valence-corrected chi connectivity index (χ4v) is 2.10. The summed E-state index contributed by atoms with van der Waals surface area (Å²) in [7, 11) is 0. The maximum Gasteiger partial charge on any atom is 0.408 e. The molecule has 0 saturated heterocycles. The molecule has 0 aromatic heterocycles. The third kappa shape index (κ3) is 9.04. The van der Waals surface area contributed by atoms with Crippen LogP contribution >= 0.6 is 0 Å². The smallest absolute Gasteiger partial charge is 0.408 e. The van der Waals surface area contributed by atoms with Crippen LogP contribution in [0.4, 0.5) is 23.7 Å². The van der Waals surface area contributed by atoms with E-state index in [-0.39, 0.29) is 17.8 Å². The lowest BCUT2D eigenvalue weighted by atomic mass is 10.1. The Morgan fingerprint density at radius 3 is 2.34 bits per heavy atom. The number of carbonyl (C=O) groups excluding carboxylic acids is 3. The van der Waals surface area contributed by atoms with Crippen molar-refractivity contribution in [1.82, 2.24) is 10.6 Å². The van der Waals surface area contributed by atoms with Gasteiger partial charge in [-0.05, 0) is 26.3 Å². The number of nitro groups is 1. The third-order valence-corrected chi connectivity index (χ3v) is 3.24. The van der Waals surface area contributed by atoms with Gasteiger partial charge in [0.05, 0.1) is 11.3 Å². The number of hydrogen-bond donors (Lipinski definition) is 2. The van der Waals surface area contributed by atoms with Crippen LogP contribution in [0, 0.1) is 10.1 Å². The molecule has 0 fully saturated rings. The lowest BCUT2D eigenvalue weighted by molar-refractivity contribution is -0.384. The van der Waals surface area contributed by atoms with Gasteiger partial charge >= 0.3 is 12.3 Å². The Hall–Kier alpha value is -3.18. The molecular formula is C17H20F3N3O6. The summed E-state index contributed by atoms with van der Waals surface area (Å²) in [6.45, 7) is 4.08. The van der Waals surface area contributed by atoms with E-state index < -0.39 is 46.9 Å². The zero-order valence-electron chi connectivity index (χ0n) is 15.8. The standard InChI is InChI=1S/C17H20F3N3O6/c1-16(2,3)29-15(26)22-12(8-17(18,19)20)13(24)14(25)21-9-10-5-4-6-11(7-10)23(27)28/h4-7,12H,8-9H2,1-3H3,(H,21,25)(H,22,26). The molecule has 2 amide bonds. The molecule has 1 atom stereocenters. The van der Waals surface area contributed by atoms with E-state index in [0.29, 0.717) is 0 Å². The van der Waals surface area contributed by atoms with Gasteiger partial charge in [0.2, 0.25) is 5.78 Å². The van der Waals surface area contributed by atoms with Crippen molar-refractivity contribution in [2.24, 2.45) is 0 Å². The number of hydrogen-bond acceptors (Lipinski definition) is 6. The lowest BCUT2D eigenvalue weighted by Gasteiger charge is -2.23. The Labute approximate surface area is 163 Å². The van der Waals surface area contributed by atoms with Crippen molar-refractivity contribution in [1.29, 1.82) is 0 Å². The van der Waals surface area contributed by atoms with Crippen molar-refractivity contribution in [2.45, 2.75) is 51.6 Å². The van der Waals surface area contributed by atoms with Gasteiger partial charge < -0.3 is 15.4 Å². The number of nitro benzene ring substituents is 1. The molecule has 0 heterocycles. The summed E-state index contributed by atoms with van der Waals surface area (Å²) in [5, 5.41) is 14.6. The molecule has 0 bridgehead atoms. The molecule has 0 aliphatic heterocycles. The fourth-order valence-electron chi connectivity index (χ4n) is 2.10. The maximum atomic E-state index is 12.7. The molecule has 2 N–H and O–H groups in total. The van der Waals surface area contributed by atoms with Crippen molar-refractivity contribution in [3.63, 3.8) is 0 Å². The van der Waals surface area contributed by atoms with E-state index >= 15 is 0 Å². The highest BCUT2D eigenvalue weighted by Gasteiger charge is 2.39. The topological polar surface area (TPSA) is 128 Å². The molecule has 12 heteroatoms. The summed E-state index contributed by atoms with van der Waals surface area (Å²) in [6, 6.07) is 2.93. The van der Waals surface area contributed by atoms with Gasteiger partial charge in [-0.15, -0.1) is 0 Å². The Kier molecular flexibility index (Phi) is 7.69. The third-order valence-electron chi connectivity index (χ3n) is 3.24. The second kappa shape index (κ2) is 9.34. The van der Waals surface area contributed by atoms with Crippen LogP contribution in [0.25, 0.3) is 0 Å². The van der Waals surface area contributed by atoms with Gasteiger partial charge in [-0.2, -0.15) is 13.2 Å². The molecule has 1 rings (SSSR count). The number of ether oxygens (including phenoxy) is 1. The van der Waals surface area contributed by atoms with Crippen LogP contribution in [-0.2, 0) is 20.9 Å². The van der Waals surface area contributed by atoms with Crippen LogP contribution < -0.4 is 10.6 Å². The van der Waals surface area contributed by atoms with Crippen molar-refractivity contribution in [3.8, 4) is 0 Å². The van der Waals surface area contributed by atoms with Gasteiger partial charge in [0, 0.05) is 18.7 Å². The van der Waals surface area contributed by atoms with E-state index in [2.05, 4.69) is 5.32 Å². The summed E-state index contributed by atoms with van der Waals surface area (Å²) in [5.74, 6) is -2.92. The number of nitrogens with one attached hydrogen (secondary N) is 2. The van der Waals surface area contributed by atoms with E-state index in [0.717, 1.165) is 6.07 Å². The zero-order chi connectivity index (χ0) is 22.4. The van der Waals surface area contributed by atoms with E-state index in [1.165, 1.54) is 39.0 Å². The minimum Gasteiger partial charge on any atom is -0.444 e. The van der Waals surface area contributed by atoms with Gasteiger partial charge in [-0.3, -0.25) is 19.7 Å². The molecule has 1 unspecified atom stereocenters. The first-order valence-corrected chi connectivity index (χ1v) is 8.29. The highest BCUT2D eigenvalue weighted by Crippen LogP contribution is 2.22. The van der Waals surface area contributed by atoms with Crippen LogP contribution in [0.1, 0.15) is 32.8 Å². The van der Waals surface area contributed by atoms with Crippen molar-refractivity contribution >= 4 is 23.5 Å². The summed E-state index contributed by atoms with van der Waals surface area (Å²) in [5.41, 5.74) is -1.03.